The Kier molecular flexibility index (Phi) is 6.24. The van der Waals surface area contributed by atoms with Crippen LogP contribution in [0.1, 0.15) is 43.4 Å². The van der Waals surface area contributed by atoms with Gasteiger partial charge in [-0.1, -0.05) is 23.2 Å². The third-order valence-corrected chi connectivity index (χ3v) is 7.11. The van der Waals surface area contributed by atoms with Gasteiger partial charge in [0.05, 0.1) is 10.1 Å². The molecule has 1 heterocycles. The maximum Gasteiger partial charge on any atom is 0.258 e. The van der Waals surface area contributed by atoms with Crippen molar-refractivity contribution in [3.05, 3.63) is 63.8 Å². The van der Waals surface area contributed by atoms with E-state index in [4.69, 9.17) is 37.1 Å². The van der Waals surface area contributed by atoms with E-state index in [9.17, 15) is 13.6 Å². The van der Waals surface area contributed by atoms with Crippen LogP contribution in [-0.4, -0.2) is 34.4 Å². The van der Waals surface area contributed by atoms with E-state index in [0.29, 0.717) is 29.7 Å². The van der Waals surface area contributed by atoms with Crippen molar-refractivity contribution in [1.29, 1.82) is 0 Å². The second-order valence-electron chi connectivity index (χ2n) is 8.85. The van der Waals surface area contributed by atoms with Gasteiger partial charge in [-0.15, -0.1) is 10.2 Å². The van der Waals surface area contributed by atoms with Crippen molar-refractivity contribution in [3.63, 3.8) is 0 Å². The van der Waals surface area contributed by atoms with Crippen molar-refractivity contribution in [2.45, 2.75) is 49.9 Å². The number of amides is 1. The summed E-state index contributed by atoms with van der Waals surface area (Å²) in [4.78, 5) is 12.4. The van der Waals surface area contributed by atoms with Crippen LogP contribution >= 0.6 is 23.2 Å². The van der Waals surface area contributed by atoms with Gasteiger partial charge < -0.3 is 19.2 Å². The molecule has 0 saturated heterocycles. The Labute approximate surface area is 204 Å². The Morgan fingerprint density at radius 1 is 1.21 bits per heavy atom. The molecule has 11 heteroatoms. The first-order valence-electron chi connectivity index (χ1n) is 10.8. The van der Waals surface area contributed by atoms with Crippen LogP contribution in [0.5, 0.6) is 5.75 Å². The smallest absolute Gasteiger partial charge is 0.258 e. The lowest BCUT2D eigenvalue weighted by atomic mass is 9.76. The quantitative estimate of drug-likeness (QED) is 0.539. The molecule has 3 saturated carbocycles. The predicted molar refractivity (Wildman–Crippen MR) is 118 cm³/mol. The van der Waals surface area contributed by atoms with Crippen LogP contribution < -0.4 is 10.1 Å². The van der Waals surface area contributed by atoms with Gasteiger partial charge in [0, 0.05) is 23.9 Å². The number of ether oxygens (including phenoxy) is 2. The zero-order chi connectivity index (χ0) is 23.9. The third kappa shape index (κ3) is 4.77. The van der Waals surface area contributed by atoms with Gasteiger partial charge in [-0.25, -0.2) is 8.78 Å². The van der Waals surface area contributed by atoms with Crippen LogP contribution in [0.4, 0.5) is 8.78 Å². The number of halogens is 4. The number of fused-ring (bicyclic) bond motifs is 1. The highest BCUT2D eigenvalue weighted by Gasteiger charge is 2.58. The Balaban J connectivity index is 1.11. The second kappa shape index (κ2) is 9.19. The van der Waals surface area contributed by atoms with Gasteiger partial charge in [-0.2, -0.15) is 0 Å². The summed E-state index contributed by atoms with van der Waals surface area (Å²) < 4.78 is 43.9. The number of nitrogens with one attached hydrogen (secondary N) is 1. The molecule has 34 heavy (non-hydrogen) atoms. The van der Waals surface area contributed by atoms with E-state index in [-0.39, 0.29) is 52.9 Å². The van der Waals surface area contributed by atoms with E-state index >= 15 is 0 Å². The molecule has 1 N–H and O–H groups in total. The lowest BCUT2D eigenvalue weighted by Gasteiger charge is -2.39. The molecule has 1 aromatic carbocycles. The first-order chi connectivity index (χ1) is 16.3. The normalized spacial score (nSPS) is 27.5. The summed E-state index contributed by atoms with van der Waals surface area (Å²) in [5, 5.41) is 11.4. The summed E-state index contributed by atoms with van der Waals surface area (Å²) >= 11 is 11.4. The molecule has 3 fully saturated rings. The average Bonchev–Trinajstić information content (AvgIpc) is 3.48. The van der Waals surface area contributed by atoms with Crippen molar-refractivity contribution in [2.75, 3.05) is 6.61 Å². The molecule has 4 aliphatic carbocycles. The van der Waals surface area contributed by atoms with Crippen LogP contribution in [0.2, 0.25) is 5.02 Å². The van der Waals surface area contributed by atoms with Gasteiger partial charge in [-0.05, 0) is 49.5 Å². The molecule has 7 nitrogen and oxygen atoms in total. The molecule has 0 radical (unpaired) electrons. The number of hydrogen-bond acceptors (Lipinski definition) is 6. The van der Waals surface area contributed by atoms with Gasteiger partial charge in [-0.3, -0.25) is 4.79 Å². The summed E-state index contributed by atoms with van der Waals surface area (Å²) in [5.74, 6) is 1.02. The SMILES string of the molecule is O=C(COC1=CC=C(Cl)C(F)C1)NC12CC(C1)[C@@H](c1nnc(COc3ccc(Cl)c(F)c3)o1)C2. The van der Waals surface area contributed by atoms with Crippen molar-refractivity contribution in [3.8, 4) is 5.75 Å². The Hall–Kier alpha value is -2.65. The van der Waals surface area contributed by atoms with Gasteiger partial charge in [0.15, 0.2) is 13.2 Å². The van der Waals surface area contributed by atoms with Crippen LogP contribution in [-0.2, 0) is 16.1 Å². The van der Waals surface area contributed by atoms with Crippen molar-refractivity contribution in [2.24, 2.45) is 5.92 Å². The van der Waals surface area contributed by atoms with E-state index in [2.05, 4.69) is 15.5 Å². The monoisotopic (exact) mass is 511 g/mol. The maximum absolute atomic E-state index is 13.6. The first-order valence-corrected chi connectivity index (χ1v) is 11.6. The number of hydrogen-bond donors (Lipinski definition) is 1. The fraction of sp³-hybridized carbons (Fsp3) is 0.435. The highest BCUT2D eigenvalue weighted by atomic mass is 35.5. The number of rotatable bonds is 8. The van der Waals surface area contributed by atoms with E-state index in [1.807, 2.05) is 0 Å². The lowest BCUT2D eigenvalue weighted by Crippen LogP contribution is -2.52. The highest BCUT2D eigenvalue weighted by molar-refractivity contribution is 6.30. The molecule has 180 valence electrons. The minimum atomic E-state index is -1.30. The van der Waals surface area contributed by atoms with Gasteiger partial charge in [0.25, 0.3) is 11.8 Å². The predicted octanol–water partition coefficient (Wildman–Crippen LogP) is 4.96. The Morgan fingerprint density at radius 2 is 2.03 bits per heavy atom. The van der Waals surface area contributed by atoms with Crippen LogP contribution in [0, 0.1) is 11.7 Å². The minimum Gasteiger partial charge on any atom is -0.488 e. The number of benzene rings is 1. The molecule has 1 amide bonds. The second-order valence-corrected chi connectivity index (χ2v) is 9.69. The van der Waals surface area contributed by atoms with Crippen molar-refractivity contribution in [1.82, 2.24) is 15.5 Å². The highest BCUT2D eigenvalue weighted by Crippen LogP contribution is 2.59. The molecule has 2 aromatic rings. The fourth-order valence-electron chi connectivity index (χ4n) is 4.83. The molecule has 2 bridgehead atoms. The van der Waals surface area contributed by atoms with Gasteiger partial charge >= 0.3 is 0 Å². The van der Waals surface area contributed by atoms with Crippen LogP contribution in [0.25, 0.3) is 0 Å². The largest absolute Gasteiger partial charge is 0.488 e. The number of alkyl halides is 1. The Morgan fingerprint density at radius 3 is 2.79 bits per heavy atom. The van der Waals surface area contributed by atoms with Crippen molar-refractivity contribution >= 4 is 29.1 Å². The number of carbonyl (C=O) groups excluding carboxylic acids is 1. The summed E-state index contributed by atoms with van der Waals surface area (Å²) in [6.07, 6.45) is 4.05. The third-order valence-electron chi connectivity index (χ3n) is 6.44. The molecule has 4 aliphatic rings. The number of allylic oxidation sites excluding steroid dienone is 4. The Bertz CT molecular complexity index is 1160. The summed E-state index contributed by atoms with van der Waals surface area (Å²) in [7, 11) is 0. The van der Waals surface area contributed by atoms with Gasteiger partial charge in [0.1, 0.15) is 23.5 Å². The van der Waals surface area contributed by atoms with Crippen molar-refractivity contribution < 1.29 is 27.5 Å². The number of carbonyl (C=O) groups is 1. The average molecular weight is 512 g/mol. The molecular weight excluding hydrogens is 491 g/mol. The molecule has 2 atom stereocenters. The number of nitrogens with zero attached hydrogens (tertiary/aromatic N) is 2. The standard InChI is InChI=1S/C23H21Cl2F2N3O4/c24-16-3-1-13(5-18(16)26)32-10-20(31)28-23-7-12(8-23)15(9-23)22-30-29-21(34-22)11-33-14-2-4-17(25)19(27)6-14/h1-4,6,12,15,18H,5,7-11H2,(H,28,31)/t12?,15-,18?,23?/m0/s1. The summed E-state index contributed by atoms with van der Waals surface area (Å²) in [6, 6.07) is 4.15. The molecule has 0 spiro atoms. The minimum absolute atomic E-state index is 0.000660. The molecule has 0 aliphatic heterocycles. The zero-order valence-corrected chi connectivity index (χ0v) is 19.4. The molecule has 6 rings (SSSR count). The summed E-state index contributed by atoms with van der Waals surface area (Å²) in [5.41, 5.74) is -0.325. The maximum atomic E-state index is 13.6. The topological polar surface area (TPSA) is 86.5 Å². The lowest BCUT2D eigenvalue weighted by molar-refractivity contribution is -0.127. The molecular formula is C23H21Cl2F2N3O4. The first kappa shape index (κ1) is 23.1. The van der Waals surface area contributed by atoms with E-state index in [1.54, 1.807) is 12.1 Å². The number of aromatic nitrogens is 2. The van der Waals surface area contributed by atoms with Crippen LogP contribution in [0.15, 0.2) is 45.6 Å². The van der Waals surface area contributed by atoms with E-state index < -0.39 is 12.0 Å². The van der Waals surface area contributed by atoms with Gasteiger partial charge in [0.2, 0.25) is 5.89 Å². The zero-order valence-electron chi connectivity index (χ0n) is 17.9. The van der Waals surface area contributed by atoms with Crippen LogP contribution in [0.3, 0.4) is 0 Å². The summed E-state index contributed by atoms with van der Waals surface area (Å²) in [6.45, 7) is -0.185. The molecule has 1 aromatic heterocycles. The fourth-order valence-corrected chi connectivity index (χ4v) is 5.09. The van der Waals surface area contributed by atoms with E-state index in [1.165, 1.54) is 18.2 Å². The molecule has 1 unspecified atom stereocenters. The van der Waals surface area contributed by atoms with E-state index in [0.717, 1.165) is 12.8 Å².